The van der Waals surface area contributed by atoms with Crippen molar-refractivity contribution in [2.75, 3.05) is 26.4 Å². The first-order valence-electron chi connectivity index (χ1n) is 6.35. The number of hydrogen-bond donors (Lipinski definition) is 2. The Hall–Kier alpha value is -0.120. The maximum absolute atomic E-state index is 8.52. The van der Waals surface area contributed by atoms with Gasteiger partial charge in [0.2, 0.25) is 0 Å². The van der Waals surface area contributed by atoms with Crippen molar-refractivity contribution in [2.24, 2.45) is 0 Å². The lowest BCUT2D eigenvalue weighted by Crippen LogP contribution is -2.29. The molecule has 0 aromatic rings. The minimum absolute atomic E-state index is 0.135. The number of ether oxygens (including phenoxy) is 1. The Morgan fingerprint density at radius 1 is 1.07 bits per heavy atom. The largest absolute Gasteiger partial charge is 0.394 e. The average Bonchev–Trinajstić information content (AvgIpc) is 2.52. The van der Waals surface area contributed by atoms with Gasteiger partial charge in [0.15, 0.2) is 0 Å². The van der Waals surface area contributed by atoms with Crippen molar-refractivity contribution in [2.45, 2.75) is 51.0 Å². The van der Waals surface area contributed by atoms with E-state index in [1.807, 2.05) is 0 Å². The molecule has 1 aliphatic rings. The first kappa shape index (κ1) is 12.9. The summed E-state index contributed by atoms with van der Waals surface area (Å²) >= 11 is 0. The molecule has 2 N–H and O–H groups in total. The van der Waals surface area contributed by atoms with Crippen molar-refractivity contribution in [1.82, 2.24) is 5.32 Å². The summed E-state index contributed by atoms with van der Waals surface area (Å²) in [7, 11) is 0. The molecule has 1 rings (SSSR count). The summed E-state index contributed by atoms with van der Waals surface area (Å²) < 4.78 is 5.21. The summed E-state index contributed by atoms with van der Waals surface area (Å²) in [5.74, 6) is 0. The molecule has 0 amide bonds. The van der Waals surface area contributed by atoms with Crippen LogP contribution in [-0.4, -0.2) is 37.5 Å². The fourth-order valence-electron chi connectivity index (χ4n) is 2.13. The predicted molar refractivity (Wildman–Crippen MR) is 62.0 cm³/mol. The summed E-state index contributed by atoms with van der Waals surface area (Å²) in [5, 5.41) is 12.1. The highest BCUT2D eigenvalue weighted by atomic mass is 16.5. The molecule has 90 valence electrons. The van der Waals surface area contributed by atoms with Crippen LogP contribution in [0.1, 0.15) is 44.9 Å². The minimum Gasteiger partial charge on any atom is -0.394 e. The fourth-order valence-corrected chi connectivity index (χ4v) is 2.13. The van der Waals surface area contributed by atoms with E-state index in [1.165, 1.54) is 38.5 Å². The standard InChI is InChI=1S/C12H25NO2/c14-9-11-15-10-5-8-13-12-6-3-1-2-4-7-12/h12-14H,1-11H2. The summed E-state index contributed by atoms with van der Waals surface area (Å²) in [6.45, 7) is 2.43. The van der Waals surface area contributed by atoms with Crippen LogP contribution in [0.2, 0.25) is 0 Å². The molecule has 0 spiro atoms. The van der Waals surface area contributed by atoms with Gasteiger partial charge < -0.3 is 15.2 Å². The molecule has 1 fully saturated rings. The van der Waals surface area contributed by atoms with Gasteiger partial charge in [-0.15, -0.1) is 0 Å². The van der Waals surface area contributed by atoms with Crippen molar-refractivity contribution in [3.8, 4) is 0 Å². The minimum atomic E-state index is 0.135. The highest BCUT2D eigenvalue weighted by molar-refractivity contribution is 4.70. The second kappa shape index (κ2) is 9.13. The van der Waals surface area contributed by atoms with E-state index >= 15 is 0 Å². The van der Waals surface area contributed by atoms with E-state index < -0.39 is 0 Å². The molecule has 0 heterocycles. The highest BCUT2D eigenvalue weighted by Gasteiger charge is 2.10. The third-order valence-corrected chi connectivity index (χ3v) is 2.99. The molecule has 0 unspecified atom stereocenters. The smallest absolute Gasteiger partial charge is 0.0697 e. The van der Waals surface area contributed by atoms with Crippen molar-refractivity contribution in [3.05, 3.63) is 0 Å². The summed E-state index contributed by atoms with van der Waals surface area (Å²) in [6.07, 6.45) is 9.35. The number of rotatable bonds is 7. The Bertz CT molecular complexity index is 134. The maximum atomic E-state index is 8.52. The SMILES string of the molecule is OCCOCCCNC1CCCCCC1. The van der Waals surface area contributed by atoms with Gasteiger partial charge in [-0.3, -0.25) is 0 Å². The van der Waals surface area contributed by atoms with Crippen molar-refractivity contribution < 1.29 is 9.84 Å². The highest BCUT2D eigenvalue weighted by Crippen LogP contribution is 2.16. The van der Waals surface area contributed by atoms with Crippen LogP contribution in [0.15, 0.2) is 0 Å². The zero-order chi connectivity index (χ0) is 10.8. The lowest BCUT2D eigenvalue weighted by Gasteiger charge is -2.15. The molecule has 0 radical (unpaired) electrons. The van der Waals surface area contributed by atoms with E-state index in [0.717, 1.165) is 25.6 Å². The van der Waals surface area contributed by atoms with Gasteiger partial charge in [0.25, 0.3) is 0 Å². The second-order valence-electron chi connectivity index (χ2n) is 4.33. The van der Waals surface area contributed by atoms with Crippen LogP contribution < -0.4 is 5.32 Å². The van der Waals surface area contributed by atoms with E-state index in [4.69, 9.17) is 9.84 Å². The fraction of sp³-hybridized carbons (Fsp3) is 1.00. The van der Waals surface area contributed by atoms with Gasteiger partial charge in [0.1, 0.15) is 0 Å². The lowest BCUT2D eigenvalue weighted by atomic mass is 10.1. The van der Waals surface area contributed by atoms with Crippen LogP contribution in [-0.2, 0) is 4.74 Å². The molecule has 3 nitrogen and oxygen atoms in total. The third kappa shape index (κ3) is 6.88. The van der Waals surface area contributed by atoms with Gasteiger partial charge in [-0.25, -0.2) is 0 Å². The number of aliphatic hydroxyl groups is 1. The first-order chi connectivity index (χ1) is 7.43. The van der Waals surface area contributed by atoms with Crippen LogP contribution >= 0.6 is 0 Å². The predicted octanol–water partition coefficient (Wildman–Crippen LogP) is 1.70. The van der Waals surface area contributed by atoms with Gasteiger partial charge in [-0.05, 0) is 25.8 Å². The second-order valence-corrected chi connectivity index (χ2v) is 4.33. The third-order valence-electron chi connectivity index (χ3n) is 2.99. The quantitative estimate of drug-likeness (QED) is 0.502. The Balaban J connectivity index is 1.89. The Kier molecular flexibility index (Phi) is 7.88. The van der Waals surface area contributed by atoms with Gasteiger partial charge >= 0.3 is 0 Å². The molecule has 0 aromatic heterocycles. The number of hydrogen-bond acceptors (Lipinski definition) is 3. The van der Waals surface area contributed by atoms with Gasteiger partial charge in [0.05, 0.1) is 13.2 Å². The zero-order valence-corrected chi connectivity index (χ0v) is 9.71. The number of nitrogens with one attached hydrogen (secondary N) is 1. The van der Waals surface area contributed by atoms with Gasteiger partial charge in [-0.1, -0.05) is 25.7 Å². The van der Waals surface area contributed by atoms with E-state index in [0.29, 0.717) is 6.61 Å². The Morgan fingerprint density at radius 3 is 2.47 bits per heavy atom. The molecular formula is C12H25NO2. The van der Waals surface area contributed by atoms with E-state index in [2.05, 4.69) is 5.32 Å². The van der Waals surface area contributed by atoms with E-state index in [1.54, 1.807) is 0 Å². The molecule has 0 atom stereocenters. The molecule has 1 saturated carbocycles. The Morgan fingerprint density at radius 2 is 1.80 bits per heavy atom. The van der Waals surface area contributed by atoms with Gasteiger partial charge in [0, 0.05) is 12.6 Å². The molecule has 3 heteroatoms. The van der Waals surface area contributed by atoms with Crippen molar-refractivity contribution in [1.29, 1.82) is 0 Å². The van der Waals surface area contributed by atoms with Crippen LogP contribution in [0.25, 0.3) is 0 Å². The maximum Gasteiger partial charge on any atom is 0.0697 e. The first-order valence-corrected chi connectivity index (χ1v) is 6.35. The van der Waals surface area contributed by atoms with E-state index in [-0.39, 0.29) is 6.61 Å². The normalized spacial score (nSPS) is 19.0. The van der Waals surface area contributed by atoms with Crippen molar-refractivity contribution >= 4 is 0 Å². The van der Waals surface area contributed by atoms with Crippen LogP contribution in [0.4, 0.5) is 0 Å². The lowest BCUT2D eigenvalue weighted by molar-refractivity contribution is 0.0903. The summed E-state index contributed by atoms with van der Waals surface area (Å²) in [5.41, 5.74) is 0. The van der Waals surface area contributed by atoms with Crippen LogP contribution in [0.5, 0.6) is 0 Å². The van der Waals surface area contributed by atoms with Crippen molar-refractivity contribution in [3.63, 3.8) is 0 Å². The number of aliphatic hydroxyl groups excluding tert-OH is 1. The molecule has 15 heavy (non-hydrogen) atoms. The van der Waals surface area contributed by atoms with Crippen LogP contribution in [0.3, 0.4) is 0 Å². The van der Waals surface area contributed by atoms with Crippen LogP contribution in [0, 0.1) is 0 Å². The summed E-state index contributed by atoms with van der Waals surface area (Å²) in [4.78, 5) is 0. The molecule has 1 aliphatic carbocycles. The molecule has 0 saturated heterocycles. The van der Waals surface area contributed by atoms with E-state index in [9.17, 15) is 0 Å². The molecule has 0 aliphatic heterocycles. The van der Waals surface area contributed by atoms with Gasteiger partial charge in [-0.2, -0.15) is 0 Å². The molecule has 0 aromatic carbocycles. The summed E-state index contributed by atoms with van der Waals surface area (Å²) in [6, 6.07) is 0.741. The monoisotopic (exact) mass is 215 g/mol. The topological polar surface area (TPSA) is 41.5 Å². The Labute approximate surface area is 93.2 Å². The average molecular weight is 215 g/mol. The molecular weight excluding hydrogens is 190 g/mol. The zero-order valence-electron chi connectivity index (χ0n) is 9.71. The molecule has 0 bridgehead atoms.